The SMILES string of the molecule is CN1/C(=C\C=C\c2cc[n+](CCC[N+](C)(C)C)c3ccccc23)Sc2ccccc21.[Br-].[Br-]. The van der Waals surface area contributed by atoms with E-state index in [9.17, 15) is 0 Å². The van der Waals surface area contributed by atoms with Gasteiger partial charge in [0.2, 0.25) is 5.52 Å². The molecule has 2 heterocycles. The first-order valence-corrected chi connectivity index (χ1v) is 11.3. The van der Waals surface area contributed by atoms with Gasteiger partial charge in [0.05, 0.1) is 50.2 Å². The Hall–Kier alpha value is -1.60. The molecule has 0 atom stereocenters. The summed E-state index contributed by atoms with van der Waals surface area (Å²) in [5.74, 6) is 0. The Bertz CT molecular complexity index is 1120. The van der Waals surface area contributed by atoms with Gasteiger partial charge < -0.3 is 43.3 Å². The fourth-order valence-electron chi connectivity index (χ4n) is 3.86. The average Bonchev–Trinajstić information content (AvgIpc) is 3.04. The first-order chi connectivity index (χ1) is 14.4. The molecule has 6 heteroatoms. The van der Waals surface area contributed by atoms with Gasteiger partial charge in [-0.25, -0.2) is 0 Å². The molecule has 1 aliphatic heterocycles. The van der Waals surface area contributed by atoms with Gasteiger partial charge in [-0.15, -0.1) is 0 Å². The van der Waals surface area contributed by atoms with Gasteiger partial charge in [0.1, 0.15) is 0 Å². The largest absolute Gasteiger partial charge is 1.00 e. The number of aryl methyl sites for hydroxylation is 1. The minimum Gasteiger partial charge on any atom is -1.00 e. The zero-order chi connectivity index (χ0) is 21.1. The Labute approximate surface area is 217 Å². The van der Waals surface area contributed by atoms with E-state index < -0.39 is 0 Å². The first-order valence-electron chi connectivity index (χ1n) is 10.5. The van der Waals surface area contributed by atoms with Crippen molar-refractivity contribution in [1.29, 1.82) is 0 Å². The lowest BCUT2D eigenvalue weighted by atomic mass is 10.1. The molecule has 0 radical (unpaired) electrons. The lowest BCUT2D eigenvalue weighted by molar-refractivity contribution is -0.873. The second-order valence-electron chi connectivity index (χ2n) is 8.84. The molecule has 0 amide bonds. The van der Waals surface area contributed by atoms with Crippen LogP contribution < -0.4 is 43.4 Å². The number of halogens is 2. The van der Waals surface area contributed by atoms with Crippen molar-refractivity contribution in [3.8, 4) is 0 Å². The molecule has 1 aliphatic rings. The number of allylic oxidation sites excluding steroid dienone is 2. The van der Waals surface area contributed by atoms with E-state index in [1.54, 1.807) is 0 Å². The topological polar surface area (TPSA) is 7.12 Å². The lowest BCUT2D eigenvalue weighted by Gasteiger charge is -2.22. The number of quaternary nitrogens is 1. The van der Waals surface area contributed by atoms with Crippen molar-refractivity contribution in [3.05, 3.63) is 83.5 Å². The summed E-state index contributed by atoms with van der Waals surface area (Å²) >= 11 is 1.83. The van der Waals surface area contributed by atoms with Crippen LogP contribution in [-0.2, 0) is 6.54 Å². The number of anilines is 1. The molecule has 0 N–H and O–H groups in total. The zero-order valence-corrected chi connectivity index (χ0v) is 23.1. The molecule has 4 rings (SSSR count). The van der Waals surface area contributed by atoms with Gasteiger partial charge in [0, 0.05) is 24.1 Å². The van der Waals surface area contributed by atoms with Crippen LogP contribution >= 0.6 is 11.8 Å². The summed E-state index contributed by atoms with van der Waals surface area (Å²) in [7, 11) is 8.90. The standard InChI is InChI=1S/C26H31N3S.2BrH/c1-27-24-14-7-8-15-25(24)30-26(27)16-9-11-21-17-19-28(18-10-20-29(2,3)4)23-13-6-5-12-22(21)23;;/h5-9,11-17,19H,10,18,20H2,1-4H3;2*1H/q+2;;/p-2. The molecule has 0 fully saturated rings. The Morgan fingerprint density at radius 2 is 1.69 bits per heavy atom. The van der Waals surface area contributed by atoms with Gasteiger partial charge in [-0.05, 0) is 29.8 Å². The second kappa shape index (κ2) is 11.5. The van der Waals surface area contributed by atoms with Crippen LogP contribution in [0, 0.1) is 0 Å². The summed E-state index contributed by atoms with van der Waals surface area (Å²) in [6.45, 7) is 2.22. The van der Waals surface area contributed by atoms with Gasteiger partial charge in [0.25, 0.3) is 0 Å². The van der Waals surface area contributed by atoms with Gasteiger partial charge in [-0.2, -0.15) is 4.57 Å². The smallest absolute Gasteiger partial charge is 0.213 e. The fourth-order valence-corrected chi connectivity index (χ4v) is 4.93. The molecule has 3 nitrogen and oxygen atoms in total. The number of thioether (sulfide) groups is 1. The quantitative estimate of drug-likeness (QED) is 0.284. The number of pyridine rings is 1. The highest BCUT2D eigenvalue weighted by atomic mass is 79.9. The van der Waals surface area contributed by atoms with E-state index in [1.807, 2.05) is 11.8 Å². The minimum atomic E-state index is 0. The highest BCUT2D eigenvalue weighted by Gasteiger charge is 2.20. The number of hydrogen-bond acceptors (Lipinski definition) is 2. The second-order valence-corrected chi connectivity index (χ2v) is 9.90. The van der Waals surface area contributed by atoms with Crippen LogP contribution in [0.3, 0.4) is 0 Å². The lowest BCUT2D eigenvalue weighted by Crippen LogP contribution is -3.00. The van der Waals surface area contributed by atoms with Crippen molar-refractivity contribution >= 4 is 34.4 Å². The van der Waals surface area contributed by atoms with Gasteiger partial charge >= 0.3 is 0 Å². The van der Waals surface area contributed by atoms with Gasteiger partial charge in [-0.1, -0.05) is 48.2 Å². The van der Waals surface area contributed by atoms with Crippen molar-refractivity contribution < 1.29 is 43.0 Å². The van der Waals surface area contributed by atoms with Crippen LogP contribution in [0.1, 0.15) is 12.0 Å². The van der Waals surface area contributed by atoms with Crippen molar-refractivity contribution in [2.24, 2.45) is 0 Å². The average molecular weight is 577 g/mol. The van der Waals surface area contributed by atoms with E-state index in [4.69, 9.17) is 0 Å². The molecule has 0 saturated carbocycles. The summed E-state index contributed by atoms with van der Waals surface area (Å²) < 4.78 is 3.39. The number of para-hydroxylation sites is 2. The summed E-state index contributed by atoms with van der Waals surface area (Å²) in [6.07, 6.45) is 10.0. The number of hydrogen-bond donors (Lipinski definition) is 0. The molecule has 2 aromatic carbocycles. The normalized spacial score (nSPS) is 14.5. The Balaban J connectivity index is 0.00000181. The van der Waals surface area contributed by atoms with E-state index in [1.165, 1.54) is 45.0 Å². The predicted octanol–water partition coefficient (Wildman–Crippen LogP) is -0.672. The van der Waals surface area contributed by atoms with Crippen LogP contribution in [0.4, 0.5) is 5.69 Å². The van der Waals surface area contributed by atoms with Crippen LogP contribution in [-0.4, -0.2) is 39.2 Å². The predicted molar refractivity (Wildman–Crippen MR) is 129 cm³/mol. The molecule has 1 aromatic heterocycles. The number of benzene rings is 2. The number of rotatable bonds is 6. The number of fused-ring (bicyclic) bond motifs is 2. The molecule has 32 heavy (non-hydrogen) atoms. The van der Waals surface area contributed by atoms with Crippen LogP contribution in [0.2, 0.25) is 0 Å². The molecule has 170 valence electrons. The molecule has 0 spiro atoms. The maximum Gasteiger partial charge on any atom is 0.213 e. The summed E-state index contributed by atoms with van der Waals surface area (Å²) in [4.78, 5) is 3.58. The molecule has 0 bridgehead atoms. The maximum absolute atomic E-state index is 2.39. The molecular formula is C26H31Br2N3S. The van der Waals surface area contributed by atoms with Gasteiger partial charge in [-0.3, -0.25) is 0 Å². The van der Waals surface area contributed by atoms with Crippen molar-refractivity contribution in [3.63, 3.8) is 0 Å². The summed E-state index contributed by atoms with van der Waals surface area (Å²) in [5.41, 5.74) is 3.84. The van der Waals surface area contributed by atoms with Crippen LogP contribution in [0.15, 0.2) is 82.9 Å². The molecular weight excluding hydrogens is 546 g/mol. The number of aromatic nitrogens is 1. The highest BCUT2D eigenvalue weighted by Crippen LogP contribution is 2.44. The van der Waals surface area contributed by atoms with Crippen LogP contribution in [0.25, 0.3) is 17.0 Å². The molecule has 0 aliphatic carbocycles. The molecule has 0 saturated heterocycles. The zero-order valence-electron chi connectivity index (χ0n) is 19.1. The van der Waals surface area contributed by atoms with E-state index in [-0.39, 0.29) is 34.0 Å². The number of nitrogens with zero attached hydrogens (tertiary/aromatic N) is 3. The fraction of sp³-hybridized carbons (Fsp3) is 0.269. The van der Waals surface area contributed by atoms with E-state index in [0.29, 0.717) is 0 Å². The van der Waals surface area contributed by atoms with E-state index in [2.05, 4.69) is 117 Å². The minimum absolute atomic E-state index is 0. The summed E-state index contributed by atoms with van der Waals surface area (Å²) in [5, 5.41) is 2.55. The van der Waals surface area contributed by atoms with Crippen LogP contribution in [0.5, 0.6) is 0 Å². The monoisotopic (exact) mass is 575 g/mol. The van der Waals surface area contributed by atoms with E-state index in [0.717, 1.165) is 11.0 Å². The Morgan fingerprint density at radius 1 is 0.969 bits per heavy atom. The highest BCUT2D eigenvalue weighted by molar-refractivity contribution is 8.03. The maximum atomic E-state index is 2.39. The van der Waals surface area contributed by atoms with E-state index >= 15 is 0 Å². The van der Waals surface area contributed by atoms with Crippen molar-refractivity contribution in [2.75, 3.05) is 39.6 Å². The third-order valence-electron chi connectivity index (χ3n) is 5.47. The molecule has 3 aromatic rings. The molecule has 0 unspecified atom stereocenters. The van der Waals surface area contributed by atoms with Crippen molar-refractivity contribution in [1.82, 2.24) is 0 Å². The third-order valence-corrected chi connectivity index (χ3v) is 6.66. The first kappa shape index (κ1) is 26.7. The third kappa shape index (κ3) is 6.25. The Morgan fingerprint density at radius 3 is 2.44 bits per heavy atom. The van der Waals surface area contributed by atoms with Crippen molar-refractivity contribution in [2.45, 2.75) is 17.9 Å². The summed E-state index contributed by atoms with van der Waals surface area (Å²) in [6, 6.07) is 19.5. The Kier molecular flexibility index (Phi) is 9.58. The van der Waals surface area contributed by atoms with Gasteiger partial charge in [0.15, 0.2) is 12.7 Å².